The first-order valence-electron chi connectivity index (χ1n) is 4.54. The molecule has 1 aromatic heterocycles. The van der Waals surface area contributed by atoms with Gasteiger partial charge in [-0.15, -0.1) is 5.10 Å². The molecule has 2 heterocycles. The highest BCUT2D eigenvalue weighted by Crippen LogP contribution is 2.11. The second-order valence-corrected chi connectivity index (χ2v) is 4.21. The van der Waals surface area contributed by atoms with E-state index in [2.05, 4.69) is 14.9 Å². The second-order valence-electron chi connectivity index (χ2n) is 3.37. The fourth-order valence-electron chi connectivity index (χ4n) is 1.37. The molecule has 2 rings (SSSR count). The van der Waals surface area contributed by atoms with Crippen molar-refractivity contribution in [1.82, 2.24) is 14.9 Å². The molecule has 5 nitrogen and oxygen atoms in total. The zero-order valence-electron chi connectivity index (χ0n) is 7.93. The minimum atomic E-state index is -0.392. The van der Waals surface area contributed by atoms with Crippen molar-refractivity contribution in [2.24, 2.45) is 0 Å². The predicted octanol–water partition coefficient (Wildman–Crippen LogP) is -0.304. The summed E-state index contributed by atoms with van der Waals surface area (Å²) in [6.07, 6.45) is -0.392. The zero-order chi connectivity index (χ0) is 9.97. The highest BCUT2D eigenvalue weighted by molar-refractivity contribution is 7.05. The standard InChI is InChI=1S/C8H13N3O2S/c1-5-8(14-11-10-5)2-9-6-3-13-4-7(6)12/h6-7,9,12H,2-4H2,1H3/t6-,7-/m1/s1. The van der Waals surface area contributed by atoms with Gasteiger partial charge in [-0.2, -0.15) is 0 Å². The Kier molecular flexibility index (Phi) is 3.07. The summed E-state index contributed by atoms with van der Waals surface area (Å²) >= 11 is 1.39. The van der Waals surface area contributed by atoms with E-state index in [9.17, 15) is 5.11 Å². The van der Waals surface area contributed by atoms with E-state index in [1.807, 2.05) is 6.92 Å². The number of nitrogens with zero attached hydrogens (tertiary/aromatic N) is 2. The minimum absolute atomic E-state index is 0.0384. The van der Waals surface area contributed by atoms with E-state index < -0.39 is 6.10 Å². The van der Waals surface area contributed by atoms with Gasteiger partial charge in [0.1, 0.15) is 0 Å². The number of aliphatic hydroxyl groups is 1. The molecule has 1 fully saturated rings. The smallest absolute Gasteiger partial charge is 0.0948 e. The monoisotopic (exact) mass is 215 g/mol. The molecule has 2 atom stereocenters. The largest absolute Gasteiger partial charge is 0.389 e. The van der Waals surface area contributed by atoms with Crippen molar-refractivity contribution in [1.29, 1.82) is 0 Å². The number of rotatable bonds is 3. The zero-order valence-corrected chi connectivity index (χ0v) is 8.75. The SMILES string of the molecule is Cc1nnsc1CN[C@@H]1COC[C@H]1O. The number of hydrogen-bond acceptors (Lipinski definition) is 6. The van der Waals surface area contributed by atoms with Gasteiger partial charge in [0.2, 0.25) is 0 Å². The molecule has 14 heavy (non-hydrogen) atoms. The van der Waals surface area contributed by atoms with Crippen molar-refractivity contribution in [2.75, 3.05) is 13.2 Å². The van der Waals surface area contributed by atoms with E-state index in [0.29, 0.717) is 19.8 Å². The van der Waals surface area contributed by atoms with Crippen molar-refractivity contribution >= 4 is 11.5 Å². The molecule has 0 radical (unpaired) electrons. The molecule has 0 aromatic carbocycles. The molecular formula is C8H13N3O2S. The molecule has 0 bridgehead atoms. The molecule has 0 amide bonds. The van der Waals surface area contributed by atoms with Crippen LogP contribution in [0.25, 0.3) is 0 Å². The van der Waals surface area contributed by atoms with Crippen LogP contribution < -0.4 is 5.32 Å². The summed E-state index contributed by atoms with van der Waals surface area (Å²) in [6.45, 7) is 3.64. The van der Waals surface area contributed by atoms with Crippen LogP contribution in [0.15, 0.2) is 0 Å². The highest BCUT2D eigenvalue weighted by atomic mass is 32.1. The van der Waals surface area contributed by atoms with E-state index in [1.165, 1.54) is 11.5 Å². The van der Waals surface area contributed by atoms with Gasteiger partial charge in [0.15, 0.2) is 0 Å². The van der Waals surface area contributed by atoms with Crippen LogP contribution in [0.1, 0.15) is 10.6 Å². The quantitative estimate of drug-likeness (QED) is 0.724. The Morgan fingerprint density at radius 1 is 1.64 bits per heavy atom. The maximum Gasteiger partial charge on any atom is 0.0948 e. The van der Waals surface area contributed by atoms with Crippen LogP contribution >= 0.6 is 11.5 Å². The van der Waals surface area contributed by atoms with Crippen LogP contribution in [0, 0.1) is 6.92 Å². The Balaban J connectivity index is 1.85. The molecule has 6 heteroatoms. The molecular weight excluding hydrogens is 202 g/mol. The Hall–Kier alpha value is -0.560. The molecule has 1 aliphatic rings. The lowest BCUT2D eigenvalue weighted by Gasteiger charge is -2.13. The number of aromatic nitrogens is 2. The first kappa shape index (κ1) is 9.97. The third kappa shape index (κ3) is 2.09. The Bertz CT molecular complexity index is 305. The summed E-state index contributed by atoms with van der Waals surface area (Å²) < 4.78 is 8.97. The van der Waals surface area contributed by atoms with Gasteiger partial charge in [0.25, 0.3) is 0 Å². The topological polar surface area (TPSA) is 67.3 Å². The fourth-order valence-corrected chi connectivity index (χ4v) is 1.96. The molecule has 1 aliphatic heterocycles. The van der Waals surface area contributed by atoms with Crippen molar-refractivity contribution in [3.05, 3.63) is 10.6 Å². The van der Waals surface area contributed by atoms with Gasteiger partial charge in [-0.05, 0) is 18.5 Å². The van der Waals surface area contributed by atoms with E-state index in [4.69, 9.17) is 4.74 Å². The van der Waals surface area contributed by atoms with Gasteiger partial charge in [0.05, 0.1) is 35.9 Å². The molecule has 1 aromatic rings. The first-order chi connectivity index (χ1) is 6.77. The number of ether oxygens (including phenoxy) is 1. The van der Waals surface area contributed by atoms with Crippen LogP contribution in [0.2, 0.25) is 0 Å². The van der Waals surface area contributed by atoms with E-state index in [0.717, 1.165) is 10.6 Å². The van der Waals surface area contributed by atoms with Gasteiger partial charge < -0.3 is 15.2 Å². The van der Waals surface area contributed by atoms with Crippen molar-refractivity contribution in [3.8, 4) is 0 Å². The van der Waals surface area contributed by atoms with Gasteiger partial charge in [0, 0.05) is 6.54 Å². The van der Waals surface area contributed by atoms with Crippen LogP contribution in [0.4, 0.5) is 0 Å². The van der Waals surface area contributed by atoms with Crippen LogP contribution in [0.5, 0.6) is 0 Å². The summed E-state index contributed by atoms with van der Waals surface area (Å²) in [5.41, 5.74) is 0.955. The highest BCUT2D eigenvalue weighted by Gasteiger charge is 2.25. The number of aliphatic hydroxyl groups excluding tert-OH is 1. The number of aryl methyl sites for hydroxylation is 1. The second kappa shape index (κ2) is 4.31. The summed E-state index contributed by atoms with van der Waals surface area (Å²) in [5, 5.41) is 16.6. The number of nitrogens with one attached hydrogen (secondary N) is 1. The molecule has 0 saturated carbocycles. The lowest BCUT2D eigenvalue weighted by molar-refractivity contribution is 0.122. The first-order valence-corrected chi connectivity index (χ1v) is 5.31. The van der Waals surface area contributed by atoms with Crippen LogP contribution in [0.3, 0.4) is 0 Å². The summed E-state index contributed by atoms with van der Waals surface area (Å²) in [5.74, 6) is 0. The molecule has 0 aliphatic carbocycles. The molecule has 1 saturated heterocycles. The fraction of sp³-hybridized carbons (Fsp3) is 0.750. The summed E-state index contributed by atoms with van der Waals surface area (Å²) in [6, 6.07) is 0.0384. The average Bonchev–Trinajstić information content (AvgIpc) is 2.72. The van der Waals surface area contributed by atoms with E-state index in [-0.39, 0.29) is 6.04 Å². The number of hydrogen-bond donors (Lipinski definition) is 2. The van der Waals surface area contributed by atoms with Gasteiger partial charge in [-0.1, -0.05) is 4.49 Å². The van der Waals surface area contributed by atoms with E-state index >= 15 is 0 Å². The maximum absolute atomic E-state index is 9.47. The maximum atomic E-state index is 9.47. The van der Waals surface area contributed by atoms with Crippen molar-refractivity contribution in [3.63, 3.8) is 0 Å². The molecule has 78 valence electrons. The van der Waals surface area contributed by atoms with Crippen molar-refractivity contribution < 1.29 is 9.84 Å². The van der Waals surface area contributed by atoms with Crippen LogP contribution in [-0.4, -0.2) is 40.1 Å². The summed E-state index contributed by atoms with van der Waals surface area (Å²) in [7, 11) is 0. The summed E-state index contributed by atoms with van der Waals surface area (Å²) in [4.78, 5) is 1.11. The van der Waals surface area contributed by atoms with Crippen LogP contribution in [-0.2, 0) is 11.3 Å². The molecule has 0 unspecified atom stereocenters. The third-order valence-corrected chi connectivity index (χ3v) is 3.14. The Labute approximate surface area is 86.3 Å². The normalized spacial score (nSPS) is 27.0. The van der Waals surface area contributed by atoms with Gasteiger partial charge in [-0.3, -0.25) is 0 Å². The van der Waals surface area contributed by atoms with Crippen molar-refractivity contribution in [2.45, 2.75) is 25.6 Å². The lowest BCUT2D eigenvalue weighted by Crippen LogP contribution is -2.38. The Morgan fingerprint density at radius 3 is 3.07 bits per heavy atom. The minimum Gasteiger partial charge on any atom is -0.389 e. The van der Waals surface area contributed by atoms with E-state index in [1.54, 1.807) is 0 Å². The predicted molar refractivity (Wildman–Crippen MR) is 52.1 cm³/mol. The molecule has 2 N–H and O–H groups in total. The van der Waals surface area contributed by atoms with Gasteiger partial charge >= 0.3 is 0 Å². The van der Waals surface area contributed by atoms with Gasteiger partial charge in [-0.25, -0.2) is 0 Å². The third-order valence-electron chi connectivity index (χ3n) is 2.32. The average molecular weight is 215 g/mol. The lowest BCUT2D eigenvalue weighted by atomic mass is 10.2. The Morgan fingerprint density at radius 2 is 2.50 bits per heavy atom. The molecule has 0 spiro atoms.